The van der Waals surface area contributed by atoms with Gasteiger partial charge in [-0.3, -0.25) is 9.59 Å². The van der Waals surface area contributed by atoms with Crippen LogP contribution in [-0.2, 0) is 16.0 Å². The molecule has 0 aliphatic carbocycles. The fourth-order valence-electron chi connectivity index (χ4n) is 3.77. The molecule has 1 aromatic carbocycles. The van der Waals surface area contributed by atoms with Gasteiger partial charge in [-0.15, -0.1) is 23.1 Å². The normalized spacial score (nSPS) is 21.8. The molecule has 1 aromatic heterocycles. The number of fused-ring (bicyclic) bond motifs is 1. The van der Waals surface area contributed by atoms with Crippen LogP contribution in [0.1, 0.15) is 17.7 Å². The second kappa shape index (κ2) is 7.97. The van der Waals surface area contributed by atoms with Crippen molar-refractivity contribution in [1.29, 1.82) is 0 Å². The lowest BCUT2D eigenvalue weighted by atomic mass is 9.97. The lowest BCUT2D eigenvalue weighted by Gasteiger charge is -2.32. The molecule has 3 heterocycles. The Morgan fingerprint density at radius 3 is 2.89 bits per heavy atom. The number of benzene rings is 1. The Hall–Kier alpha value is -2.32. The first-order chi connectivity index (χ1) is 13.6. The fourth-order valence-corrected chi connectivity index (χ4v) is 4.93. The van der Waals surface area contributed by atoms with Gasteiger partial charge in [0.15, 0.2) is 0 Å². The zero-order chi connectivity index (χ0) is 19.7. The molecule has 0 bridgehead atoms. The topological polar surface area (TPSA) is 69.7 Å². The lowest BCUT2D eigenvalue weighted by Crippen LogP contribution is -2.50. The van der Waals surface area contributed by atoms with E-state index in [9.17, 15) is 14.4 Å². The van der Waals surface area contributed by atoms with Crippen molar-refractivity contribution in [1.82, 2.24) is 10.2 Å². The molecule has 4 amide bonds. The van der Waals surface area contributed by atoms with E-state index in [1.165, 1.54) is 4.90 Å². The van der Waals surface area contributed by atoms with Crippen molar-refractivity contribution >= 4 is 46.6 Å². The summed E-state index contributed by atoms with van der Waals surface area (Å²) in [6.45, 7) is 0.470. The van der Waals surface area contributed by atoms with Crippen LogP contribution in [0.4, 0.5) is 10.5 Å². The number of thiophene rings is 1. The molecule has 0 unspecified atom stereocenters. The molecular formula is C20H21N3O3S2. The van der Waals surface area contributed by atoms with Gasteiger partial charge in [0.25, 0.3) is 5.91 Å². The molecule has 0 radical (unpaired) electrons. The minimum absolute atomic E-state index is 0.0396. The van der Waals surface area contributed by atoms with E-state index >= 15 is 0 Å². The predicted molar refractivity (Wildman–Crippen MR) is 111 cm³/mol. The monoisotopic (exact) mass is 415 g/mol. The molecule has 2 fully saturated rings. The number of hydrogen-bond acceptors (Lipinski definition) is 5. The van der Waals surface area contributed by atoms with Gasteiger partial charge in [0.05, 0.1) is 12.1 Å². The molecule has 2 saturated heterocycles. The molecule has 0 spiro atoms. The molecule has 28 heavy (non-hydrogen) atoms. The Labute approximate surface area is 171 Å². The molecule has 8 heteroatoms. The second-order valence-electron chi connectivity index (χ2n) is 6.91. The number of imide groups is 1. The van der Waals surface area contributed by atoms with Crippen molar-refractivity contribution < 1.29 is 14.4 Å². The van der Waals surface area contributed by atoms with Crippen LogP contribution in [0.15, 0.2) is 46.7 Å². The molecule has 1 N–H and O–H groups in total. The summed E-state index contributed by atoms with van der Waals surface area (Å²) < 4.78 is 0. The van der Waals surface area contributed by atoms with Crippen molar-refractivity contribution in [3.8, 4) is 0 Å². The van der Waals surface area contributed by atoms with Crippen LogP contribution in [0.2, 0.25) is 0 Å². The maximum Gasteiger partial charge on any atom is 0.332 e. The predicted octanol–water partition coefficient (Wildman–Crippen LogP) is 3.13. The number of carbonyl (C=O) groups is 3. The Kier molecular flexibility index (Phi) is 5.41. The number of rotatable bonds is 5. The van der Waals surface area contributed by atoms with Gasteiger partial charge >= 0.3 is 6.03 Å². The van der Waals surface area contributed by atoms with E-state index in [4.69, 9.17) is 0 Å². The number of nitrogens with zero attached hydrogens (tertiary/aromatic N) is 2. The average Bonchev–Trinajstić information content (AvgIpc) is 3.28. The molecule has 4 rings (SSSR count). The summed E-state index contributed by atoms with van der Waals surface area (Å²) in [4.78, 5) is 43.0. The van der Waals surface area contributed by atoms with Crippen molar-refractivity contribution in [3.05, 3.63) is 46.7 Å². The standard InChI is InChI=1S/C20H21N3O3S2/c1-27-15-5-2-4-14(11-15)23-19(25)17-10-13(7-8-22(17)20(23)26)21-18(24)12-16-6-3-9-28-16/h2-6,9,11,13,17H,7-8,10,12H2,1H3,(H,21,24)/t13-,17-/m0/s1. The summed E-state index contributed by atoms with van der Waals surface area (Å²) in [5.74, 6) is -0.248. The Bertz CT molecular complexity index is 900. The van der Waals surface area contributed by atoms with Crippen molar-refractivity contribution in [2.24, 2.45) is 0 Å². The van der Waals surface area contributed by atoms with Crippen LogP contribution >= 0.6 is 23.1 Å². The van der Waals surface area contributed by atoms with E-state index in [0.717, 1.165) is 9.77 Å². The zero-order valence-electron chi connectivity index (χ0n) is 15.5. The Morgan fingerprint density at radius 2 is 2.14 bits per heavy atom. The number of piperidine rings is 1. The van der Waals surface area contributed by atoms with Crippen LogP contribution in [0.5, 0.6) is 0 Å². The number of carbonyl (C=O) groups excluding carboxylic acids is 3. The number of amides is 4. The van der Waals surface area contributed by atoms with Crippen LogP contribution in [0.25, 0.3) is 0 Å². The molecule has 146 valence electrons. The van der Waals surface area contributed by atoms with E-state index in [0.29, 0.717) is 31.5 Å². The van der Waals surface area contributed by atoms with Gasteiger partial charge in [-0.1, -0.05) is 12.1 Å². The minimum atomic E-state index is -0.508. The zero-order valence-corrected chi connectivity index (χ0v) is 17.1. The highest BCUT2D eigenvalue weighted by Crippen LogP contribution is 2.32. The molecule has 2 atom stereocenters. The second-order valence-corrected chi connectivity index (χ2v) is 8.82. The first-order valence-corrected chi connectivity index (χ1v) is 11.3. The number of hydrogen-bond donors (Lipinski definition) is 1. The third kappa shape index (κ3) is 3.66. The van der Waals surface area contributed by atoms with Gasteiger partial charge in [-0.05, 0) is 48.7 Å². The Balaban J connectivity index is 1.44. The highest BCUT2D eigenvalue weighted by atomic mass is 32.2. The van der Waals surface area contributed by atoms with Crippen LogP contribution in [0.3, 0.4) is 0 Å². The van der Waals surface area contributed by atoms with Crippen LogP contribution in [-0.4, -0.2) is 47.6 Å². The summed E-state index contributed by atoms with van der Waals surface area (Å²) in [5, 5.41) is 4.98. The van der Waals surface area contributed by atoms with Crippen LogP contribution < -0.4 is 10.2 Å². The molecule has 2 aliphatic rings. The van der Waals surface area contributed by atoms with E-state index in [1.807, 2.05) is 42.0 Å². The number of anilines is 1. The first kappa shape index (κ1) is 19.0. The lowest BCUT2D eigenvalue weighted by molar-refractivity contribution is -0.124. The highest BCUT2D eigenvalue weighted by molar-refractivity contribution is 7.98. The summed E-state index contributed by atoms with van der Waals surface area (Å²) in [7, 11) is 0. The SMILES string of the molecule is CSc1cccc(N2C(=O)[C@@H]3C[C@@H](NC(=O)Cc4cccs4)CCN3C2=O)c1. The summed E-state index contributed by atoms with van der Waals surface area (Å²) in [6, 6.07) is 10.4. The van der Waals surface area contributed by atoms with Gasteiger partial charge in [0.1, 0.15) is 6.04 Å². The van der Waals surface area contributed by atoms with Gasteiger partial charge in [-0.25, -0.2) is 9.69 Å². The van der Waals surface area contributed by atoms with E-state index < -0.39 is 6.04 Å². The molecule has 2 aliphatic heterocycles. The van der Waals surface area contributed by atoms with Gasteiger partial charge < -0.3 is 10.2 Å². The Morgan fingerprint density at radius 1 is 1.29 bits per heavy atom. The van der Waals surface area contributed by atoms with E-state index in [2.05, 4.69) is 5.32 Å². The highest BCUT2D eigenvalue weighted by Gasteiger charge is 2.48. The summed E-state index contributed by atoms with van der Waals surface area (Å²) in [5.41, 5.74) is 0.606. The molecule has 6 nitrogen and oxygen atoms in total. The fraction of sp³-hybridized carbons (Fsp3) is 0.350. The van der Waals surface area contributed by atoms with Crippen molar-refractivity contribution in [3.63, 3.8) is 0 Å². The quantitative estimate of drug-likeness (QED) is 0.602. The number of nitrogens with one attached hydrogen (secondary N) is 1. The maximum atomic E-state index is 13.0. The maximum absolute atomic E-state index is 13.0. The number of urea groups is 1. The largest absolute Gasteiger partial charge is 0.353 e. The average molecular weight is 416 g/mol. The number of thioether (sulfide) groups is 1. The van der Waals surface area contributed by atoms with Crippen LogP contribution in [0, 0.1) is 0 Å². The molecule has 2 aromatic rings. The third-order valence-corrected chi connectivity index (χ3v) is 6.74. The summed E-state index contributed by atoms with van der Waals surface area (Å²) in [6.07, 6.45) is 3.42. The van der Waals surface area contributed by atoms with Gasteiger partial charge in [-0.2, -0.15) is 0 Å². The van der Waals surface area contributed by atoms with Gasteiger partial charge in [0.2, 0.25) is 5.91 Å². The van der Waals surface area contributed by atoms with Crippen molar-refractivity contribution in [2.45, 2.75) is 36.2 Å². The molecule has 0 saturated carbocycles. The van der Waals surface area contributed by atoms with Gasteiger partial charge in [0, 0.05) is 22.4 Å². The smallest absolute Gasteiger partial charge is 0.332 e. The van der Waals surface area contributed by atoms with E-state index in [1.54, 1.807) is 34.1 Å². The third-order valence-electron chi connectivity index (χ3n) is 5.14. The molecular weight excluding hydrogens is 394 g/mol. The summed E-state index contributed by atoms with van der Waals surface area (Å²) >= 11 is 3.12. The van der Waals surface area contributed by atoms with Crippen molar-refractivity contribution in [2.75, 3.05) is 17.7 Å². The minimum Gasteiger partial charge on any atom is -0.353 e. The first-order valence-electron chi connectivity index (χ1n) is 9.17. The van der Waals surface area contributed by atoms with E-state index in [-0.39, 0.29) is 23.9 Å².